The Morgan fingerprint density at radius 3 is 2.14 bits per heavy atom. The Morgan fingerprint density at radius 2 is 1.52 bits per heavy atom. The van der Waals surface area contributed by atoms with Gasteiger partial charge in [-0.1, -0.05) is 30.3 Å². The van der Waals surface area contributed by atoms with Gasteiger partial charge in [0.2, 0.25) is 0 Å². The third-order valence-electron chi connectivity index (χ3n) is 3.85. The molecule has 0 saturated heterocycles. The summed E-state index contributed by atoms with van der Waals surface area (Å²) in [6, 6.07) is 20.9. The predicted octanol–water partition coefficient (Wildman–Crippen LogP) is 4.77. The van der Waals surface area contributed by atoms with Crippen molar-refractivity contribution in [2.75, 3.05) is 7.11 Å². The van der Waals surface area contributed by atoms with Crippen molar-refractivity contribution in [2.24, 2.45) is 0 Å². The van der Waals surface area contributed by atoms with Gasteiger partial charge in [-0.15, -0.1) is 0 Å². The van der Waals surface area contributed by atoms with Gasteiger partial charge in [-0.3, -0.25) is 0 Å². The highest BCUT2D eigenvalue weighted by atomic mass is 16.5. The maximum atomic E-state index is 5.23. The van der Waals surface area contributed by atoms with Crippen molar-refractivity contribution in [1.82, 2.24) is 4.57 Å². The number of hydrogen-bond acceptors (Lipinski definition) is 1. The number of ether oxygens (including phenoxy) is 1. The summed E-state index contributed by atoms with van der Waals surface area (Å²) in [5, 5.41) is 0. The van der Waals surface area contributed by atoms with Crippen LogP contribution in [0.4, 0.5) is 0 Å². The molecular weight excluding hydrogens is 258 g/mol. The van der Waals surface area contributed by atoms with Gasteiger partial charge in [-0.2, -0.15) is 0 Å². The van der Waals surface area contributed by atoms with Crippen LogP contribution in [0, 0.1) is 13.8 Å². The highest BCUT2D eigenvalue weighted by Gasteiger charge is 2.11. The van der Waals surface area contributed by atoms with E-state index in [4.69, 9.17) is 4.74 Å². The summed E-state index contributed by atoms with van der Waals surface area (Å²) in [5.74, 6) is 0.879. The van der Waals surface area contributed by atoms with E-state index in [0.29, 0.717) is 0 Å². The van der Waals surface area contributed by atoms with Crippen LogP contribution in [-0.2, 0) is 0 Å². The minimum atomic E-state index is 0.879. The smallest absolute Gasteiger partial charge is 0.119 e. The van der Waals surface area contributed by atoms with Crippen molar-refractivity contribution in [3.05, 3.63) is 72.1 Å². The molecule has 0 aliphatic heterocycles. The number of rotatable bonds is 3. The van der Waals surface area contributed by atoms with Crippen molar-refractivity contribution in [3.8, 4) is 22.6 Å². The molecule has 106 valence electrons. The summed E-state index contributed by atoms with van der Waals surface area (Å²) in [7, 11) is 1.69. The quantitative estimate of drug-likeness (QED) is 0.672. The van der Waals surface area contributed by atoms with Gasteiger partial charge in [-0.05, 0) is 49.7 Å². The van der Waals surface area contributed by atoms with Crippen LogP contribution in [0.2, 0.25) is 0 Å². The SMILES string of the molecule is COc1ccc(-n2c(C)cc(-c3ccccc3)c2C)cc1. The topological polar surface area (TPSA) is 14.2 Å². The highest BCUT2D eigenvalue weighted by molar-refractivity contribution is 5.68. The predicted molar refractivity (Wildman–Crippen MR) is 87.2 cm³/mol. The maximum absolute atomic E-state index is 5.23. The Kier molecular flexibility index (Phi) is 3.53. The molecule has 2 heteroatoms. The molecule has 0 unspecified atom stereocenters. The van der Waals surface area contributed by atoms with Crippen molar-refractivity contribution < 1.29 is 4.74 Å². The monoisotopic (exact) mass is 277 g/mol. The van der Waals surface area contributed by atoms with Gasteiger partial charge in [0.05, 0.1) is 7.11 Å². The van der Waals surface area contributed by atoms with E-state index in [1.54, 1.807) is 7.11 Å². The molecule has 0 N–H and O–H groups in total. The number of benzene rings is 2. The summed E-state index contributed by atoms with van der Waals surface area (Å²) in [6.07, 6.45) is 0. The van der Waals surface area contributed by atoms with E-state index in [0.717, 1.165) is 11.4 Å². The number of aromatic nitrogens is 1. The van der Waals surface area contributed by atoms with Crippen LogP contribution in [0.5, 0.6) is 5.75 Å². The lowest BCUT2D eigenvalue weighted by Gasteiger charge is -2.11. The first-order valence-electron chi connectivity index (χ1n) is 7.09. The first-order chi connectivity index (χ1) is 10.2. The fourth-order valence-electron chi connectivity index (χ4n) is 2.80. The number of methoxy groups -OCH3 is 1. The standard InChI is InChI=1S/C19H19NO/c1-14-13-19(16-7-5-4-6-8-16)15(2)20(14)17-9-11-18(21-3)12-10-17/h4-13H,1-3H3. The average molecular weight is 277 g/mol. The molecule has 0 radical (unpaired) electrons. The molecule has 0 bridgehead atoms. The summed E-state index contributed by atoms with van der Waals surface area (Å²) in [4.78, 5) is 0. The Bertz CT molecular complexity index is 739. The Hall–Kier alpha value is -2.48. The third-order valence-corrected chi connectivity index (χ3v) is 3.85. The Labute approximate surface area is 125 Å². The van der Waals surface area contributed by atoms with Gasteiger partial charge in [0, 0.05) is 22.6 Å². The second-order valence-electron chi connectivity index (χ2n) is 5.18. The summed E-state index contributed by atoms with van der Waals surface area (Å²) in [5.41, 5.74) is 6.18. The van der Waals surface area contributed by atoms with Gasteiger partial charge in [0.25, 0.3) is 0 Å². The van der Waals surface area contributed by atoms with E-state index in [1.165, 1.54) is 22.5 Å². The highest BCUT2D eigenvalue weighted by Crippen LogP contribution is 2.29. The zero-order valence-corrected chi connectivity index (χ0v) is 12.6. The van der Waals surface area contributed by atoms with Crippen LogP contribution in [-0.4, -0.2) is 11.7 Å². The molecule has 1 aromatic heterocycles. The van der Waals surface area contributed by atoms with E-state index >= 15 is 0 Å². The van der Waals surface area contributed by atoms with Crippen LogP contribution in [0.3, 0.4) is 0 Å². The minimum Gasteiger partial charge on any atom is -0.497 e. The van der Waals surface area contributed by atoms with Gasteiger partial charge in [0.15, 0.2) is 0 Å². The van der Waals surface area contributed by atoms with Gasteiger partial charge < -0.3 is 9.30 Å². The fourth-order valence-corrected chi connectivity index (χ4v) is 2.80. The van der Waals surface area contributed by atoms with Crippen LogP contribution in [0.15, 0.2) is 60.7 Å². The Balaban J connectivity index is 2.09. The molecule has 0 spiro atoms. The molecule has 3 aromatic rings. The van der Waals surface area contributed by atoms with Gasteiger partial charge >= 0.3 is 0 Å². The molecule has 21 heavy (non-hydrogen) atoms. The molecule has 3 rings (SSSR count). The Morgan fingerprint density at radius 1 is 0.857 bits per heavy atom. The summed E-state index contributed by atoms with van der Waals surface area (Å²) in [6.45, 7) is 4.31. The van der Waals surface area contributed by atoms with E-state index < -0.39 is 0 Å². The molecule has 1 heterocycles. The molecule has 2 aromatic carbocycles. The third kappa shape index (κ3) is 2.45. The molecule has 0 aliphatic rings. The largest absolute Gasteiger partial charge is 0.497 e. The van der Waals surface area contributed by atoms with Crippen molar-refractivity contribution >= 4 is 0 Å². The maximum Gasteiger partial charge on any atom is 0.119 e. The van der Waals surface area contributed by atoms with Crippen LogP contribution < -0.4 is 4.74 Å². The van der Waals surface area contributed by atoms with Crippen molar-refractivity contribution in [1.29, 1.82) is 0 Å². The first kappa shape index (κ1) is 13.5. The molecule has 0 fully saturated rings. The van der Waals surface area contributed by atoms with Gasteiger partial charge in [0.1, 0.15) is 5.75 Å². The van der Waals surface area contributed by atoms with Crippen molar-refractivity contribution in [2.45, 2.75) is 13.8 Å². The van der Waals surface area contributed by atoms with Crippen LogP contribution in [0.25, 0.3) is 16.8 Å². The second-order valence-corrected chi connectivity index (χ2v) is 5.18. The van der Waals surface area contributed by atoms with Crippen LogP contribution in [0.1, 0.15) is 11.4 Å². The second kappa shape index (κ2) is 5.49. The molecular formula is C19H19NO. The van der Waals surface area contributed by atoms with Crippen LogP contribution >= 0.6 is 0 Å². The lowest BCUT2D eigenvalue weighted by molar-refractivity contribution is 0.414. The molecule has 0 saturated carbocycles. The van der Waals surface area contributed by atoms with Gasteiger partial charge in [-0.25, -0.2) is 0 Å². The molecule has 0 atom stereocenters. The summed E-state index contributed by atoms with van der Waals surface area (Å²) < 4.78 is 7.51. The fraction of sp³-hybridized carbons (Fsp3) is 0.158. The minimum absolute atomic E-state index is 0.879. The zero-order valence-electron chi connectivity index (χ0n) is 12.6. The average Bonchev–Trinajstić information content (AvgIpc) is 2.83. The number of hydrogen-bond donors (Lipinski definition) is 0. The first-order valence-corrected chi connectivity index (χ1v) is 7.09. The molecule has 0 aliphatic carbocycles. The van der Waals surface area contributed by atoms with E-state index in [-0.39, 0.29) is 0 Å². The normalized spacial score (nSPS) is 10.6. The number of aryl methyl sites for hydroxylation is 1. The van der Waals surface area contributed by atoms with E-state index in [2.05, 4.69) is 60.9 Å². The summed E-state index contributed by atoms with van der Waals surface area (Å²) >= 11 is 0. The van der Waals surface area contributed by atoms with E-state index in [1.807, 2.05) is 18.2 Å². The molecule has 2 nitrogen and oxygen atoms in total. The molecule has 0 amide bonds. The lowest BCUT2D eigenvalue weighted by Crippen LogP contribution is -1.99. The lowest BCUT2D eigenvalue weighted by atomic mass is 10.1. The van der Waals surface area contributed by atoms with E-state index in [9.17, 15) is 0 Å². The zero-order chi connectivity index (χ0) is 14.8. The van der Waals surface area contributed by atoms with Crippen molar-refractivity contribution in [3.63, 3.8) is 0 Å². The number of nitrogens with zero attached hydrogens (tertiary/aromatic N) is 1.